The molecule has 0 amide bonds. The van der Waals surface area contributed by atoms with Gasteiger partial charge in [0, 0.05) is 24.3 Å². The van der Waals surface area contributed by atoms with Gasteiger partial charge in [-0.1, -0.05) is 12.1 Å². The third kappa shape index (κ3) is 10.0. The molecule has 14 unspecified atom stereocenters. The summed E-state index contributed by atoms with van der Waals surface area (Å²) >= 11 is 0. The lowest BCUT2D eigenvalue weighted by Gasteiger charge is -2.45. The number of esters is 1. The third-order valence-corrected chi connectivity index (χ3v) is 10.5. The fourth-order valence-electron chi connectivity index (χ4n) is 6.94. The Morgan fingerprint density at radius 1 is 0.667 bits per heavy atom. The van der Waals surface area contributed by atoms with Gasteiger partial charge in [0.05, 0.1) is 24.8 Å². The molecular formula is C41H45O22+. The fraction of sp³-hybridized carbons (Fsp3) is 0.415. The molecule has 4 aromatic rings. The zero-order valence-electron chi connectivity index (χ0n) is 32.6. The molecule has 0 aliphatic carbocycles. The van der Waals surface area contributed by atoms with Crippen molar-refractivity contribution in [2.24, 2.45) is 0 Å². The maximum absolute atomic E-state index is 12.4. The average Bonchev–Trinajstić information content (AvgIpc) is 3.25. The number of rotatable bonds is 12. The average molecular weight is 890 g/mol. The van der Waals surface area contributed by atoms with Crippen molar-refractivity contribution < 1.29 is 109 Å². The molecule has 13 N–H and O–H groups in total. The molecule has 3 saturated heterocycles. The van der Waals surface area contributed by atoms with Crippen molar-refractivity contribution >= 4 is 23.0 Å². The van der Waals surface area contributed by atoms with Crippen molar-refractivity contribution in [1.82, 2.24) is 0 Å². The van der Waals surface area contributed by atoms with Crippen LogP contribution in [0.5, 0.6) is 34.5 Å². The van der Waals surface area contributed by atoms with Crippen LogP contribution in [0.15, 0.2) is 71.2 Å². The number of carbonyl (C=O) groups excluding carboxylic acids is 1. The molecule has 3 fully saturated rings. The summed E-state index contributed by atoms with van der Waals surface area (Å²) in [4.78, 5) is 12.4. The molecule has 1 aromatic heterocycles. The standard InChI is InChI=1S/C41H44O22/c42-18-5-1-16(2-6-18)3-8-29(48)56-14-27-31(50)33(52)36(55)39(61-27)58-15-28-32(51)34(53)38(63-40-35(54)30(49)24(47)13-57-40)41(62-28)60-26-12-20-22(45)10-19(43)11-25(20)59-37(26)17-4-7-21(44)23(46)9-17/h1-12,24,27-28,30-36,38-41,47,49-55H,13-15H2,(H4-,42,43,44,45,46,48)/p+1. The number of hydrogen-bond donors (Lipinski definition) is 13. The first-order valence-electron chi connectivity index (χ1n) is 19.3. The van der Waals surface area contributed by atoms with Crippen molar-refractivity contribution in [2.45, 2.75) is 86.0 Å². The van der Waals surface area contributed by atoms with Crippen molar-refractivity contribution in [3.8, 4) is 45.8 Å². The molecule has 63 heavy (non-hydrogen) atoms. The quantitative estimate of drug-likeness (QED) is 0.0338. The molecule has 3 aliphatic rings. The van der Waals surface area contributed by atoms with Crippen molar-refractivity contribution in [1.29, 1.82) is 0 Å². The van der Waals surface area contributed by atoms with Crippen molar-refractivity contribution in [3.63, 3.8) is 0 Å². The SMILES string of the molecule is O=C(C=Cc1ccc(O)cc1)OCC1OC(OCC2OC(Oc3cc4c(O)cc(O)cc4[o+]c3-c3ccc(O)c(O)c3)C(OC3OCC(O)C(O)C3O)C(O)C2O)C(O)C(O)C1O. The zero-order valence-corrected chi connectivity index (χ0v) is 32.6. The largest absolute Gasteiger partial charge is 0.508 e. The summed E-state index contributed by atoms with van der Waals surface area (Å²) < 4.78 is 45.9. The van der Waals surface area contributed by atoms with Gasteiger partial charge in [0.25, 0.3) is 0 Å². The molecule has 3 aromatic carbocycles. The van der Waals surface area contributed by atoms with Gasteiger partial charge in [-0.15, -0.1) is 0 Å². The normalized spacial score (nSPS) is 32.4. The highest BCUT2D eigenvalue weighted by molar-refractivity contribution is 5.89. The number of carbonyl (C=O) groups is 1. The highest BCUT2D eigenvalue weighted by Gasteiger charge is 2.52. The first-order valence-corrected chi connectivity index (χ1v) is 19.3. The van der Waals surface area contributed by atoms with E-state index in [0.717, 1.165) is 30.3 Å². The minimum atomic E-state index is -2.02. The van der Waals surface area contributed by atoms with Crippen molar-refractivity contribution in [2.75, 3.05) is 19.8 Å². The lowest BCUT2D eigenvalue weighted by Crippen LogP contribution is -2.64. The van der Waals surface area contributed by atoms with Crippen LogP contribution in [0.3, 0.4) is 0 Å². The topological polar surface area (TPSA) is 356 Å². The molecule has 7 rings (SSSR count). The van der Waals surface area contributed by atoms with Gasteiger partial charge in [-0.3, -0.25) is 0 Å². The summed E-state index contributed by atoms with van der Waals surface area (Å²) in [7, 11) is 0. The zero-order chi connectivity index (χ0) is 45.3. The smallest absolute Gasteiger partial charge is 0.402 e. The summed E-state index contributed by atoms with van der Waals surface area (Å²) in [6, 6.07) is 12.8. The van der Waals surface area contributed by atoms with Gasteiger partial charge in [-0.05, 0) is 35.9 Å². The van der Waals surface area contributed by atoms with Gasteiger partial charge in [0.15, 0.2) is 30.2 Å². The number of phenols is 5. The fourth-order valence-corrected chi connectivity index (χ4v) is 6.94. The van der Waals surface area contributed by atoms with Crippen molar-refractivity contribution in [3.05, 3.63) is 72.3 Å². The molecule has 4 heterocycles. The Bertz CT molecular complexity index is 2250. The number of ether oxygens (including phenoxy) is 7. The molecule has 0 radical (unpaired) electrons. The molecule has 0 saturated carbocycles. The lowest BCUT2D eigenvalue weighted by atomic mass is 9.98. The van der Waals surface area contributed by atoms with Crippen LogP contribution in [0, 0.1) is 0 Å². The Morgan fingerprint density at radius 3 is 2.08 bits per heavy atom. The number of fused-ring (bicyclic) bond motifs is 1. The summed E-state index contributed by atoms with van der Waals surface area (Å²) in [5, 5.41) is 136. The number of aliphatic hydroxyl groups is 8. The number of benzene rings is 3. The number of aromatic hydroxyl groups is 5. The van der Waals surface area contributed by atoms with E-state index in [1.54, 1.807) is 0 Å². The second-order valence-electron chi connectivity index (χ2n) is 14.9. The molecular weight excluding hydrogens is 844 g/mol. The van der Waals surface area contributed by atoms with Crippen LogP contribution in [0.25, 0.3) is 28.4 Å². The highest BCUT2D eigenvalue weighted by atomic mass is 16.8. The Hall–Kier alpha value is -5.44. The molecule has 22 heteroatoms. The first-order chi connectivity index (χ1) is 30.0. The molecule has 340 valence electrons. The van der Waals surface area contributed by atoms with Crippen LogP contribution in [0.4, 0.5) is 0 Å². The van der Waals surface area contributed by atoms with Gasteiger partial charge in [-0.2, -0.15) is 0 Å². The van der Waals surface area contributed by atoms with E-state index in [0.29, 0.717) is 5.56 Å². The van der Waals surface area contributed by atoms with E-state index < -0.39 is 129 Å². The van der Waals surface area contributed by atoms with E-state index in [-0.39, 0.29) is 39.5 Å². The second kappa shape index (κ2) is 19.1. The van der Waals surface area contributed by atoms with Crippen LogP contribution in [-0.2, 0) is 33.2 Å². The van der Waals surface area contributed by atoms with Crippen LogP contribution < -0.4 is 4.74 Å². The van der Waals surface area contributed by atoms with Gasteiger partial charge in [0.1, 0.15) is 90.3 Å². The van der Waals surface area contributed by atoms with Crippen LogP contribution in [0.2, 0.25) is 0 Å². The maximum atomic E-state index is 12.4. The third-order valence-electron chi connectivity index (χ3n) is 10.5. The van der Waals surface area contributed by atoms with E-state index in [1.165, 1.54) is 42.5 Å². The first kappa shape index (κ1) is 45.6. The molecule has 14 atom stereocenters. The predicted molar refractivity (Wildman–Crippen MR) is 207 cm³/mol. The van der Waals surface area contributed by atoms with Gasteiger partial charge >= 0.3 is 17.3 Å². The summed E-state index contributed by atoms with van der Waals surface area (Å²) in [5.41, 5.74) is 0.516. The van der Waals surface area contributed by atoms with Crippen LogP contribution in [-0.4, -0.2) is 178 Å². The maximum Gasteiger partial charge on any atom is 0.402 e. The summed E-state index contributed by atoms with van der Waals surface area (Å²) in [6.45, 7) is -1.92. The number of aliphatic hydroxyl groups excluding tert-OH is 8. The Morgan fingerprint density at radius 2 is 1.35 bits per heavy atom. The molecule has 0 bridgehead atoms. The Balaban J connectivity index is 1.13. The van der Waals surface area contributed by atoms with E-state index in [1.807, 2.05) is 0 Å². The minimum absolute atomic E-state index is 0.0162. The summed E-state index contributed by atoms with van der Waals surface area (Å²) in [6.07, 6.45) is -22.6. The van der Waals surface area contributed by atoms with Gasteiger partial charge < -0.3 is 99.5 Å². The highest BCUT2D eigenvalue weighted by Crippen LogP contribution is 2.43. The number of hydrogen-bond acceptors (Lipinski definition) is 21. The van der Waals surface area contributed by atoms with E-state index in [9.17, 15) is 71.2 Å². The molecule has 22 nitrogen and oxygen atoms in total. The molecule has 0 spiro atoms. The van der Waals surface area contributed by atoms with E-state index >= 15 is 0 Å². The monoisotopic (exact) mass is 889 g/mol. The van der Waals surface area contributed by atoms with Gasteiger partial charge in [0.2, 0.25) is 12.0 Å². The van der Waals surface area contributed by atoms with E-state index in [2.05, 4.69) is 0 Å². The molecule has 3 aliphatic heterocycles. The van der Waals surface area contributed by atoms with Crippen LogP contribution in [0.1, 0.15) is 5.56 Å². The van der Waals surface area contributed by atoms with Gasteiger partial charge in [-0.25, -0.2) is 9.21 Å². The Kier molecular flexibility index (Phi) is 13.8. The number of phenolic OH excluding ortho intramolecular Hbond substituents is 5. The van der Waals surface area contributed by atoms with Crippen LogP contribution >= 0.6 is 0 Å². The van der Waals surface area contributed by atoms with E-state index in [4.69, 9.17) is 37.6 Å². The second-order valence-corrected chi connectivity index (χ2v) is 14.9. The minimum Gasteiger partial charge on any atom is -0.508 e. The Labute approximate surface area is 355 Å². The summed E-state index contributed by atoms with van der Waals surface area (Å²) in [5.74, 6) is -3.35. The lowest BCUT2D eigenvalue weighted by molar-refractivity contribution is -0.353. The predicted octanol–water partition coefficient (Wildman–Crippen LogP) is -1.36.